The van der Waals surface area contributed by atoms with Gasteiger partial charge in [-0.3, -0.25) is 4.79 Å². The van der Waals surface area contributed by atoms with Gasteiger partial charge >= 0.3 is 5.97 Å². The highest BCUT2D eigenvalue weighted by molar-refractivity contribution is 9.10. The molecule has 1 amide bonds. The van der Waals surface area contributed by atoms with Crippen molar-refractivity contribution in [3.63, 3.8) is 0 Å². The normalized spacial score (nSPS) is 11.5. The van der Waals surface area contributed by atoms with Crippen molar-refractivity contribution in [1.82, 2.24) is 5.32 Å². The van der Waals surface area contributed by atoms with Crippen molar-refractivity contribution in [2.75, 3.05) is 20.8 Å². The Hall–Kier alpha value is -2.25. The molecule has 0 saturated heterocycles. The molecule has 28 heavy (non-hydrogen) atoms. The number of carbonyl (C=O) groups excluding carboxylic acids is 2. The lowest BCUT2D eigenvalue weighted by atomic mass is 10.1. The number of esters is 1. The number of methoxy groups -OCH3 is 2. The first-order valence-corrected chi connectivity index (χ1v) is 9.72. The Labute approximate surface area is 177 Å². The van der Waals surface area contributed by atoms with E-state index in [0.29, 0.717) is 23.7 Å². The highest BCUT2D eigenvalue weighted by atomic mass is 79.9. The first kappa shape index (κ1) is 22.0. The number of halogens is 2. The number of rotatable bonds is 8. The van der Waals surface area contributed by atoms with Crippen LogP contribution < -0.4 is 14.8 Å². The monoisotopic (exact) mass is 469 g/mol. The summed E-state index contributed by atoms with van der Waals surface area (Å²) in [4.78, 5) is 25.0. The molecule has 0 fully saturated rings. The minimum atomic E-state index is -0.966. The average Bonchev–Trinajstić information content (AvgIpc) is 2.70. The number of amides is 1. The second-order valence-electron chi connectivity index (χ2n) is 5.82. The van der Waals surface area contributed by atoms with E-state index in [-0.39, 0.29) is 10.6 Å². The van der Waals surface area contributed by atoms with Gasteiger partial charge in [0.05, 0.1) is 25.8 Å². The van der Waals surface area contributed by atoms with Gasteiger partial charge in [0, 0.05) is 10.0 Å². The lowest BCUT2D eigenvalue weighted by Gasteiger charge is -2.18. The van der Waals surface area contributed by atoms with E-state index >= 15 is 0 Å². The molecule has 6 nitrogen and oxygen atoms in total. The molecule has 0 aromatic heterocycles. The molecule has 0 radical (unpaired) electrons. The second-order valence-corrected chi connectivity index (χ2v) is 7.14. The van der Waals surface area contributed by atoms with E-state index in [4.69, 9.17) is 25.8 Å². The molecule has 0 heterocycles. The smallest absolute Gasteiger partial charge is 0.333 e. The van der Waals surface area contributed by atoms with Gasteiger partial charge in [-0.25, -0.2) is 4.79 Å². The number of hydrogen-bond donors (Lipinski definition) is 1. The van der Waals surface area contributed by atoms with Gasteiger partial charge in [-0.15, -0.1) is 0 Å². The molecule has 0 saturated carbocycles. The summed E-state index contributed by atoms with van der Waals surface area (Å²) in [6.45, 7) is 2.44. The van der Waals surface area contributed by atoms with E-state index in [1.807, 2.05) is 6.92 Å². The van der Waals surface area contributed by atoms with Crippen molar-refractivity contribution in [2.24, 2.45) is 0 Å². The fourth-order valence-electron chi connectivity index (χ4n) is 2.46. The summed E-state index contributed by atoms with van der Waals surface area (Å²) in [6.07, 6.45) is 0.801. The van der Waals surface area contributed by atoms with Crippen molar-refractivity contribution < 1.29 is 23.8 Å². The van der Waals surface area contributed by atoms with Crippen LogP contribution in [0.2, 0.25) is 5.02 Å². The first-order valence-electron chi connectivity index (χ1n) is 8.55. The summed E-state index contributed by atoms with van der Waals surface area (Å²) >= 11 is 9.61. The lowest BCUT2D eigenvalue weighted by molar-refractivity contribution is -0.143. The maximum absolute atomic E-state index is 12.8. The Bertz CT molecular complexity index is 841. The third-order valence-electron chi connectivity index (χ3n) is 3.86. The van der Waals surface area contributed by atoms with Crippen LogP contribution in [0.3, 0.4) is 0 Å². The standard InChI is InChI=1S/C20H21BrClNO5/c1-4-9-28-18-15(22)10-13(11-16(18)26-2)19(24)23-17(20(25)27-3)12-5-7-14(21)8-6-12/h5-8,10-11,17H,4,9H2,1-3H3,(H,23,24). The zero-order valence-corrected chi connectivity index (χ0v) is 18.1. The highest BCUT2D eigenvalue weighted by Crippen LogP contribution is 2.36. The molecule has 150 valence electrons. The molecule has 2 aromatic carbocycles. The van der Waals surface area contributed by atoms with Crippen molar-refractivity contribution in [3.8, 4) is 11.5 Å². The molecule has 8 heteroatoms. The van der Waals surface area contributed by atoms with Crippen LogP contribution in [0, 0.1) is 0 Å². The molecule has 2 aromatic rings. The van der Waals surface area contributed by atoms with Crippen molar-refractivity contribution in [2.45, 2.75) is 19.4 Å². The topological polar surface area (TPSA) is 73.9 Å². The van der Waals surface area contributed by atoms with Gasteiger partial charge in [0.15, 0.2) is 17.5 Å². The van der Waals surface area contributed by atoms with Gasteiger partial charge in [0.25, 0.3) is 5.91 Å². The Morgan fingerprint density at radius 1 is 1.18 bits per heavy atom. The molecule has 1 atom stereocenters. The van der Waals surface area contributed by atoms with E-state index < -0.39 is 17.9 Å². The van der Waals surface area contributed by atoms with Crippen LogP contribution >= 0.6 is 27.5 Å². The minimum Gasteiger partial charge on any atom is -0.493 e. The zero-order chi connectivity index (χ0) is 20.7. The molecule has 0 bridgehead atoms. The summed E-state index contributed by atoms with van der Waals surface area (Å²) in [6, 6.07) is 9.02. The third-order valence-corrected chi connectivity index (χ3v) is 4.67. The van der Waals surface area contributed by atoms with Crippen LogP contribution in [0.15, 0.2) is 40.9 Å². The Morgan fingerprint density at radius 2 is 1.86 bits per heavy atom. The van der Waals surface area contributed by atoms with Crippen LogP contribution in [-0.4, -0.2) is 32.7 Å². The van der Waals surface area contributed by atoms with Crippen molar-refractivity contribution in [3.05, 3.63) is 57.0 Å². The molecular weight excluding hydrogens is 450 g/mol. The summed E-state index contributed by atoms with van der Waals surface area (Å²) in [5, 5.41) is 2.92. The van der Waals surface area contributed by atoms with E-state index in [2.05, 4.69) is 21.2 Å². The maximum atomic E-state index is 12.8. The molecular formula is C20H21BrClNO5. The predicted octanol–water partition coefficient (Wildman–Crippen LogP) is 4.54. The molecule has 0 aliphatic heterocycles. The van der Waals surface area contributed by atoms with Crippen molar-refractivity contribution >= 4 is 39.4 Å². The first-order chi connectivity index (χ1) is 13.4. The number of carbonyl (C=O) groups is 2. The van der Waals surface area contributed by atoms with E-state index in [0.717, 1.165) is 10.9 Å². The van der Waals surface area contributed by atoms with Gasteiger partial charge in [0.2, 0.25) is 0 Å². The largest absolute Gasteiger partial charge is 0.493 e. The van der Waals surface area contributed by atoms with E-state index in [1.165, 1.54) is 26.4 Å². The van der Waals surface area contributed by atoms with Crippen molar-refractivity contribution in [1.29, 1.82) is 0 Å². The molecule has 1 N–H and O–H groups in total. The van der Waals surface area contributed by atoms with Crippen LogP contribution in [0.5, 0.6) is 11.5 Å². The number of benzene rings is 2. The highest BCUT2D eigenvalue weighted by Gasteiger charge is 2.25. The summed E-state index contributed by atoms with van der Waals surface area (Å²) in [5.74, 6) is -0.374. The van der Waals surface area contributed by atoms with Gasteiger partial charge in [-0.2, -0.15) is 0 Å². The fraction of sp³-hybridized carbons (Fsp3) is 0.300. The second kappa shape index (κ2) is 10.3. The van der Waals surface area contributed by atoms with Gasteiger partial charge in [-0.1, -0.05) is 46.6 Å². The SMILES string of the molecule is CCCOc1c(Cl)cc(C(=O)NC(C(=O)OC)c2ccc(Br)cc2)cc1OC. The van der Waals surface area contributed by atoms with Gasteiger partial charge in [0.1, 0.15) is 0 Å². The summed E-state index contributed by atoms with van der Waals surface area (Å²) in [5.41, 5.74) is 0.820. The van der Waals surface area contributed by atoms with Crippen LogP contribution in [0.1, 0.15) is 35.3 Å². The quantitative estimate of drug-likeness (QED) is 0.573. The van der Waals surface area contributed by atoms with Gasteiger partial charge < -0.3 is 19.5 Å². The fourth-order valence-corrected chi connectivity index (χ4v) is 2.99. The molecule has 0 aliphatic carbocycles. The Morgan fingerprint density at radius 3 is 2.43 bits per heavy atom. The molecule has 0 spiro atoms. The molecule has 2 rings (SSSR count). The van der Waals surface area contributed by atoms with E-state index in [1.54, 1.807) is 24.3 Å². The van der Waals surface area contributed by atoms with Crippen LogP contribution in [0.25, 0.3) is 0 Å². The number of ether oxygens (including phenoxy) is 3. The summed E-state index contributed by atoms with van der Waals surface area (Å²) < 4.78 is 16.6. The molecule has 1 unspecified atom stereocenters. The van der Waals surface area contributed by atoms with E-state index in [9.17, 15) is 9.59 Å². The maximum Gasteiger partial charge on any atom is 0.333 e. The Kier molecular flexibility index (Phi) is 8.14. The average molecular weight is 471 g/mol. The third kappa shape index (κ3) is 5.39. The zero-order valence-electron chi connectivity index (χ0n) is 15.8. The van der Waals surface area contributed by atoms with Crippen LogP contribution in [0.4, 0.5) is 0 Å². The van der Waals surface area contributed by atoms with Gasteiger partial charge in [-0.05, 0) is 36.2 Å². The molecule has 0 aliphatic rings. The summed E-state index contributed by atoms with van der Waals surface area (Å²) in [7, 11) is 2.73. The predicted molar refractivity (Wildman–Crippen MR) is 110 cm³/mol. The minimum absolute atomic E-state index is 0.233. The Balaban J connectivity index is 2.31. The van der Waals surface area contributed by atoms with Crippen LogP contribution in [-0.2, 0) is 9.53 Å². The lowest BCUT2D eigenvalue weighted by Crippen LogP contribution is -2.34. The number of nitrogens with one attached hydrogen (secondary N) is 1. The number of hydrogen-bond acceptors (Lipinski definition) is 5.